The van der Waals surface area contributed by atoms with Crippen LogP contribution in [0.5, 0.6) is 28.7 Å². The van der Waals surface area contributed by atoms with Crippen molar-refractivity contribution in [2.45, 2.75) is 75.8 Å². The molecule has 10 nitrogen and oxygen atoms in total. The van der Waals surface area contributed by atoms with Gasteiger partial charge < -0.3 is 39.0 Å². The number of aliphatic hydroxyl groups is 1. The van der Waals surface area contributed by atoms with Crippen LogP contribution in [0.4, 0.5) is 22.0 Å². The predicted octanol–water partition coefficient (Wildman–Crippen LogP) is 6.39. The first-order chi connectivity index (χ1) is 24.7. The Balaban J connectivity index is 1.08. The van der Waals surface area contributed by atoms with Crippen molar-refractivity contribution < 1.29 is 60.3 Å². The van der Waals surface area contributed by atoms with E-state index >= 15 is 0 Å². The van der Waals surface area contributed by atoms with Crippen LogP contribution in [0, 0.1) is 11.8 Å². The van der Waals surface area contributed by atoms with E-state index in [0.717, 1.165) is 17.7 Å². The van der Waals surface area contributed by atoms with Gasteiger partial charge in [-0.3, -0.25) is 9.59 Å². The third-order valence-electron chi connectivity index (χ3n) is 10.3. The Morgan fingerprint density at radius 1 is 0.962 bits per heavy atom. The van der Waals surface area contributed by atoms with Gasteiger partial charge >= 0.3 is 12.7 Å². The smallest absolute Gasteiger partial charge is 0.492 e. The number of fused-ring (bicyclic) bond motifs is 3. The second kappa shape index (κ2) is 13.6. The zero-order chi connectivity index (χ0) is 36.8. The van der Waals surface area contributed by atoms with Crippen LogP contribution in [0.25, 0.3) is 0 Å². The molecule has 0 unspecified atom stereocenters. The van der Waals surface area contributed by atoms with E-state index in [0.29, 0.717) is 43.4 Å². The van der Waals surface area contributed by atoms with Crippen LogP contribution in [0.15, 0.2) is 60.7 Å². The Hall–Kier alpha value is -4.79. The van der Waals surface area contributed by atoms with E-state index in [2.05, 4.69) is 19.5 Å². The van der Waals surface area contributed by atoms with Crippen molar-refractivity contribution in [3.8, 4) is 28.7 Å². The van der Waals surface area contributed by atoms with E-state index in [-0.39, 0.29) is 66.9 Å². The Morgan fingerprint density at radius 3 is 2.37 bits per heavy atom. The molecule has 1 saturated carbocycles. The number of amides is 2. The zero-order valence-corrected chi connectivity index (χ0v) is 28.1. The lowest BCUT2D eigenvalue weighted by atomic mass is 9.76. The Bertz CT molecular complexity index is 1820. The Labute approximate surface area is 295 Å². The summed E-state index contributed by atoms with van der Waals surface area (Å²) in [5, 5.41) is 12.7. The fourth-order valence-corrected chi connectivity index (χ4v) is 7.62. The first kappa shape index (κ1) is 35.6. The molecule has 3 aliphatic heterocycles. The van der Waals surface area contributed by atoms with Crippen LogP contribution in [0.3, 0.4) is 0 Å². The molecule has 4 aliphatic rings. The van der Waals surface area contributed by atoms with E-state index in [9.17, 15) is 36.6 Å². The highest BCUT2D eigenvalue weighted by Gasteiger charge is 2.50. The maximum Gasteiger partial charge on any atom is 0.586 e. The minimum Gasteiger partial charge on any atom is -0.492 e. The second-order valence-electron chi connectivity index (χ2n) is 13.8. The minimum absolute atomic E-state index is 0.0519. The summed E-state index contributed by atoms with van der Waals surface area (Å²) in [7, 11) is 0. The fourth-order valence-electron chi connectivity index (χ4n) is 7.62. The molecule has 2 amide bonds. The molecule has 3 aromatic rings. The average Bonchev–Trinajstić information content (AvgIpc) is 3.60. The van der Waals surface area contributed by atoms with Gasteiger partial charge in [-0.05, 0) is 62.3 Å². The summed E-state index contributed by atoms with van der Waals surface area (Å²) in [4.78, 5) is 29.3. The number of hydrogen-bond acceptors (Lipinski definition) is 8. The first-order valence-electron chi connectivity index (χ1n) is 17.1. The summed E-state index contributed by atoms with van der Waals surface area (Å²) < 4.78 is 92.3. The molecule has 0 aromatic heterocycles. The minimum atomic E-state index is -4.94. The number of nitrogens with one attached hydrogen (secondary N) is 1. The van der Waals surface area contributed by atoms with Crippen LogP contribution >= 0.6 is 0 Å². The van der Waals surface area contributed by atoms with Crippen LogP contribution in [0.1, 0.15) is 61.8 Å². The predicted molar refractivity (Wildman–Crippen MR) is 173 cm³/mol. The van der Waals surface area contributed by atoms with Crippen LogP contribution < -0.4 is 29.0 Å². The van der Waals surface area contributed by atoms with Crippen LogP contribution in [0.2, 0.25) is 0 Å². The van der Waals surface area contributed by atoms with Gasteiger partial charge in [-0.1, -0.05) is 30.3 Å². The van der Waals surface area contributed by atoms with Gasteiger partial charge in [0, 0.05) is 48.7 Å². The SMILES string of the molecule is C[C@]1(C(=O)N[C@@H]2C[C@H]([C@H]3CC[C@H](C(=O)N(CCO)Cc4ccccc4)CC3)Oc3cc(OC(F)(F)F)ccc32)COc2cc3c(cc21)OC(F)(F)O3. The molecule has 0 radical (unpaired) electrons. The van der Waals surface area contributed by atoms with E-state index in [4.69, 9.17) is 9.47 Å². The van der Waals surface area contributed by atoms with Gasteiger partial charge in [0.05, 0.1) is 12.6 Å². The molecule has 1 fully saturated rings. The summed E-state index contributed by atoms with van der Waals surface area (Å²) in [5.74, 6) is -1.55. The monoisotopic (exact) mass is 732 g/mol. The first-order valence-corrected chi connectivity index (χ1v) is 17.1. The molecule has 0 spiro atoms. The third kappa shape index (κ3) is 7.28. The highest BCUT2D eigenvalue weighted by molar-refractivity contribution is 5.90. The van der Waals surface area contributed by atoms with Crippen LogP contribution in [-0.4, -0.2) is 60.3 Å². The standard InChI is InChI=1S/C37H37F5N2O8/c1-35(20-48-30-18-32-31(16-26(30)35)51-37(41,42)52-32)34(47)43-27-17-28(49-29-15-24(11-12-25(27)29)50-36(38,39)40)22-7-9-23(10-8-22)33(46)44(13-14-45)19-21-5-3-2-4-6-21/h2-6,11-12,15-16,18,22-23,27-28,45H,7-10,13-14,17,19-20H2,1H3,(H,43,47)/t22-,23-,27-,28-,35+/m1/s1. The van der Waals surface area contributed by atoms with Crippen molar-refractivity contribution in [3.63, 3.8) is 0 Å². The quantitative estimate of drug-likeness (QED) is 0.243. The highest BCUT2D eigenvalue weighted by atomic mass is 19.4. The van der Waals surface area contributed by atoms with Crippen molar-refractivity contribution in [3.05, 3.63) is 77.4 Å². The van der Waals surface area contributed by atoms with Crippen molar-refractivity contribution >= 4 is 11.8 Å². The molecule has 3 aromatic carbocycles. The summed E-state index contributed by atoms with van der Waals surface area (Å²) in [6.45, 7) is 1.89. The highest BCUT2D eigenvalue weighted by Crippen LogP contribution is 2.50. The molecular formula is C37H37F5N2O8. The molecule has 1 aliphatic carbocycles. The average molecular weight is 733 g/mol. The number of halogens is 5. The van der Waals surface area contributed by atoms with E-state index in [1.54, 1.807) is 11.8 Å². The Kier molecular flexibility index (Phi) is 9.34. The molecule has 15 heteroatoms. The molecule has 278 valence electrons. The molecule has 7 rings (SSSR count). The summed E-state index contributed by atoms with van der Waals surface area (Å²) in [5.41, 5.74) is 0.366. The van der Waals surface area contributed by atoms with Gasteiger partial charge in [-0.15, -0.1) is 22.0 Å². The van der Waals surface area contributed by atoms with Crippen molar-refractivity contribution in [1.29, 1.82) is 0 Å². The number of alkyl halides is 5. The number of ether oxygens (including phenoxy) is 5. The zero-order valence-electron chi connectivity index (χ0n) is 28.1. The number of hydrogen-bond donors (Lipinski definition) is 2. The van der Waals surface area contributed by atoms with E-state index in [1.165, 1.54) is 18.2 Å². The molecule has 0 saturated heterocycles. The van der Waals surface area contributed by atoms with E-state index in [1.807, 2.05) is 30.3 Å². The topological polar surface area (TPSA) is 116 Å². The fraction of sp³-hybridized carbons (Fsp3) is 0.459. The molecular weight excluding hydrogens is 695 g/mol. The van der Waals surface area contributed by atoms with Crippen LogP contribution in [-0.2, 0) is 21.5 Å². The lowest BCUT2D eigenvalue weighted by molar-refractivity contribution is -0.286. The van der Waals surface area contributed by atoms with Crippen molar-refractivity contribution in [2.24, 2.45) is 11.8 Å². The normalized spacial score (nSPS) is 25.6. The van der Waals surface area contributed by atoms with Crippen molar-refractivity contribution in [2.75, 3.05) is 19.8 Å². The maximum absolute atomic E-state index is 14.1. The van der Waals surface area contributed by atoms with Gasteiger partial charge in [-0.25, -0.2) is 0 Å². The lowest BCUT2D eigenvalue weighted by Crippen LogP contribution is -2.47. The molecule has 2 N–H and O–H groups in total. The largest absolute Gasteiger partial charge is 0.586 e. The summed E-state index contributed by atoms with van der Waals surface area (Å²) in [6.07, 6.45) is -6.78. The maximum atomic E-state index is 14.1. The summed E-state index contributed by atoms with van der Waals surface area (Å²) in [6, 6.07) is 15.0. The molecule has 52 heavy (non-hydrogen) atoms. The number of rotatable bonds is 9. The van der Waals surface area contributed by atoms with Gasteiger partial charge in [-0.2, -0.15) is 0 Å². The number of nitrogens with zero attached hydrogens (tertiary/aromatic N) is 1. The van der Waals surface area contributed by atoms with Gasteiger partial charge in [0.25, 0.3) is 0 Å². The van der Waals surface area contributed by atoms with Gasteiger partial charge in [0.1, 0.15) is 35.4 Å². The number of carbonyl (C=O) groups is 2. The van der Waals surface area contributed by atoms with Gasteiger partial charge in [0.15, 0.2) is 11.5 Å². The third-order valence-corrected chi connectivity index (χ3v) is 10.3. The Morgan fingerprint density at radius 2 is 1.67 bits per heavy atom. The number of aliphatic hydroxyl groups excluding tert-OH is 1. The molecule has 3 heterocycles. The number of carbonyl (C=O) groups excluding carboxylic acids is 2. The van der Waals surface area contributed by atoms with Gasteiger partial charge in [0.2, 0.25) is 11.8 Å². The van der Waals surface area contributed by atoms with E-state index < -0.39 is 41.9 Å². The molecule has 3 atom stereocenters. The second-order valence-corrected chi connectivity index (χ2v) is 13.8. The number of benzene rings is 3. The summed E-state index contributed by atoms with van der Waals surface area (Å²) >= 11 is 0. The molecule has 0 bridgehead atoms. The lowest BCUT2D eigenvalue weighted by Gasteiger charge is -2.40. The van der Waals surface area contributed by atoms with Crippen molar-refractivity contribution in [1.82, 2.24) is 10.2 Å².